The number of likely N-dealkylation sites (tertiary alicyclic amines) is 1. The van der Waals surface area contributed by atoms with Crippen molar-refractivity contribution in [3.05, 3.63) is 53.2 Å². The normalized spacial score (nSPS) is 15.2. The fourth-order valence-electron chi connectivity index (χ4n) is 3.73. The lowest BCUT2D eigenvalue weighted by Gasteiger charge is -2.32. The maximum atomic E-state index is 12.7. The number of hydrogen-bond donors (Lipinski definition) is 0. The Bertz CT molecular complexity index is 933. The van der Waals surface area contributed by atoms with Crippen molar-refractivity contribution in [2.45, 2.75) is 37.6 Å². The molecule has 28 heavy (non-hydrogen) atoms. The third kappa shape index (κ3) is 4.55. The van der Waals surface area contributed by atoms with Gasteiger partial charge < -0.3 is 4.90 Å². The van der Waals surface area contributed by atoms with Crippen LogP contribution in [0.25, 0.3) is 10.2 Å². The number of amides is 1. The summed E-state index contributed by atoms with van der Waals surface area (Å²) in [5.41, 5.74) is 1.40. The topological polar surface area (TPSA) is 46.1 Å². The predicted octanol–water partition coefficient (Wildman–Crippen LogP) is 4.83. The average Bonchev–Trinajstić information content (AvgIpc) is 3.17. The van der Waals surface area contributed by atoms with Gasteiger partial charge in [0.25, 0.3) is 0 Å². The average molecular weight is 412 g/mol. The summed E-state index contributed by atoms with van der Waals surface area (Å²) >= 11 is 3.26. The van der Waals surface area contributed by atoms with Gasteiger partial charge in [0, 0.05) is 23.4 Å². The van der Waals surface area contributed by atoms with Crippen molar-refractivity contribution < 1.29 is 4.79 Å². The second kappa shape index (κ2) is 9.05. The number of carbonyl (C=O) groups is 1. The lowest BCUT2D eigenvalue weighted by Crippen LogP contribution is -2.39. The molecule has 0 aliphatic carbocycles. The van der Waals surface area contributed by atoms with Crippen LogP contribution in [0.3, 0.4) is 0 Å². The fourth-order valence-corrected chi connectivity index (χ4v) is 5.60. The highest BCUT2D eigenvalue weighted by Gasteiger charge is 2.23. The molecule has 0 atom stereocenters. The minimum atomic E-state index is 0.223. The zero-order valence-corrected chi connectivity index (χ0v) is 17.8. The lowest BCUT2D eigenvalue weighted by molar-refractivity contribution is -0.129. The first-order valence-electron chi connectivity index (χ1n) is 9.91. The van der Waals surface area contributed by atoms with E-state index in [1.807, 2.05) is 4.90 Å². The first-order chi connectivity index (χ1) is 13.7. The van der Waals surface area contributed by atoms with Crippen molar-refractivity contribution in [3.8, 4) is 0 Å². The summed E-state index contributed by atoms with van der Waals surface area (Å²) in [7, 11) is 0. The zero-order valence-electron chi connectivity index (χ0n) is 16.1. The van der Waals surface area contributed by atoms with Crippen LogP contribution in [-0.2, 0) is 17.6 Å². The molecule has 1 aromatic carbocycles. The smallest absolute Gasteiger partial charge is 0.232 e. The van der Waals surface area contributed by atoms with Crippen LogP contribution < -0.4 is 0 Å². The van der Waals surface area contributed by atoms with Crippen LogP contribution >= 0.6 is 23.1 Å². The predicted molar refractivity (Wildman–Crippen MR) is 117 cm³/mol. The molecule has 146 valence electrons. The summed E-state index contributed by atoms with van der Waals surface area (Å²) in [6.45, 7) is 3.89. The highest BCUT2D eigenvalue weighted by atomic mass is 32.2. The first kappa shape index (κ1) is 19.4. The highest BCUT2D eigenvalue weighted by Crippen LogP contribution is 2.31. The van der Waals surface area contributed by atoms with Gasteiger partial charge in [-0.05, 0) is 43.2 Å². The number of thiophene rings is 1. The number of rotatable bonds is 6. The molecular formula is C22H25N3OS2. The maximum Gasteiger partial charge on any atom is 0.232 e. The molecule has 0 bridgehead atoms. The van der Waals surface area contributed by atoms with Gasteiger partial charge in [-0.25, -0.2) is 9.97 Å². The van der Waals surface area contributed by atoms with Crippen molar-refractivity contribution >= 4 is 39.2 Å². The Morgan fingerprint density at radius 1 is 1.21 bits per heavy atom. The molecular weight excluding hydrogens is 386 g/mol. The van der Waals surface area contributed by atoms with E-state index in [0.717, 1.165) is 54.0 Å². The van der Waals surface area contributed by atoms with Gasteiger partial charge in [-0.2, -0.15) is 0 Å². The summed E-state index contributed by atoms with van der Waals surface area (Å²) in [4.78, 5) is 25.8. The number of fused-ring (bicyclic) bond motifs is 1. The lowest BCUT2D eigenvalue weighted by atomic mass is 9.90. The van der Waals surface area contributed by atoms with E-state index < -0.39 is 0 Å². The molecule has 0 saturated carbocycles. The third-order valence-electron chi connectivity index (χ3n) is 5.36. The standard InChI is InChI=1S/C22H25N3OS2/c1-2-18-13-19-21(23-15-24-22(19)28-18)27-14-20(26)25-10-8-17(9-11-25)12-16-6-4-3-5-7-16/h3-7,13,15,17H,2,8-12,14H2,1H3. The largest absolute Gasteiger partial charge is 0.342 e. The summed E-state index contributed by atoms with van der Waals surface area (Å²) in [5.74, 6) is 1.35. The van der Waals surface area contributed by atoms with Crippen molar-refractivity contribution in [1.82, 2.24) is 14.9 Å². The van der Waals surface area contributed by atoms with Crippen LogP contribution in [0.1, 0.15) is 30.2 Å². The number of piperidine rings is 1. The van der Waals surface area contributed by atoms with Crippen LogP contribution in [0.2, 0.25) is 0 Å². The van der Waals surface area contributed by atoms with E-state index in [0.29, 0.717) is 11.7 Å². The Kier molecular flexibility index (Phi) is 6.27. The minimum absolute atomic E-state index is 0.223. The van der Waals surface area contributed by atoms with Crippen LogP contribution in [0, 0.1) is 5.92 Å². The molecule has 0 spiro atoms. The van der Waals surface area contributed by atoms with E-state index in [2.05, 4.69) is 53.3 Å². The molecule has 0 N–H and O–H groups in total. The van der Waals surface area contributed by atoms with E-state index in [4.69, 9.17) is 0 Å². The molecule has 4 rings (SSSR count). The number of carbonyl (C=O) groups excluding carboxylic acids is 1. The van der Waals surface area contributed by atoms with Crippen molar-refractivity contribution in [1.29, 1.82) is 0 Å². The molecule has 1 saturated heterocycles. The summed E-state index contributed by atoms with van der Waals surface area (Å²) in [6.07, 6.45) is 5.91. The van der Waals surface area contributed by atoms with Crippen LogP contribution in [0.4, 0.5) is 0 Å². The van der Waals surface area contributed by atoms with Gasteiger partial charge in [-0.3, -0.25) is 4.79 Å². The summed E-state index contributed by atoms with van der Waals surface area (Å²) < 4.78 is 0. The minimum Gasteiger partial charge on any atom is -0.342 e. The van der Waals surface area contributed by atoms with E-state index >= 15 is 0 Å². The van der Waals surface area contributed by atoms with Crippen LogP contribution in [0.5, 0.6) is 0 Å². The van der Waals surface area contributed by atoms with E-state index in [1.54, 1.807) is 29.4 Å². The van der Waals surface area contributed by atoms with Crippen LogP contribution in [-0.4, -0.2) is 39.6 Å². The van der Waals surface area contributed by atoms with E-state index in [-0.39, 0.29) is 5.91 Å². The molecule has 3 aromatic rings. The molecule has 4 nitrogen and oxygen atoms in total. The summed E-state index contributed by atoms with van der Waals surface area (Å²) in [5, 5.41) is 2.01. The molecule has 1 aliphatic rings. The number of thioether (sulfide) groups is 1. The number of aromatic nitrogens is 2. The van der Waals surface area contributed by atoms with Gasteiger partial charge in [0.2, 0.25) is 5.91 Å². The van der Waals surface area contributed by atoms with Gasteiger partial charge in [0.1, 0.15) is 16.2 Å². The first-order valence-corrected chi connectivity index (χ1v) is 11.7. The van der Waals surface area contributed by atoms with Crippen molar-refractivity contribution in [2.75, 3.05) is 18.8 Å². The third-order valence-corrected chi connectivity index (χ3v) is 7.54. The molecule has 0 radical (unpaired) electrons. The quantitative estimate of drug-likeness (QED) is 0.431. The van der Waals surface area contributed by atoms with Crippen molar-refractivity contribution in [2.24, 2.45) is 5.92 Å². The number of benzene rings is 1. The monoisotopic (exact) mass is 411 g/mol. The van der Waals surface area contributed by atoms with Gasteiger partial charge in [0.05, 0.1) is 5.75 Å². The Hall–Kier alpha value is -1.92. The molecule has 1 aliphatic heterocycles. The molecule has 2 aromatic heterocycles. The number of hydrogen-bond acceptors (Lipinski definition) is 5. The number of aryl methyl sites for hydroxylation is 1. The van der Waals surface area contributed by atoms with Gasteiger partial charge >= 0.3 is 0 Å². The molecule has 1 amide bonds. The summed E-state index contributed by atoms with van der Waals surface area (Å²) in [6, 6.07) is 12.8. The second-order valence-electron chi connectivity index (χ2n) is 7.27. The molecule has 6 heteroatoms. The molecule has 0 unspecified atom stereocenters. The highest BCUT2D eigenvalue weighted by molar-refractivity contribution is 8.00. The van der Waals surface area contributed by atoms with Crippen LogP contribution in [0.15, 0.2) is 47.8 Å². The zero-order chi connectivity index (χ0) is 19.3. The molecule has 1 fully saturated rings. The Balaban J connectivity index is 1.30. The Morgan fingerprint density at radius 3 is 2.75 bits per heavy atom. The van der Waals surface area contributed by atoms with Gasteiger partial charge in [-0.1, -0.05) is 49.0 Å². The second-order valence-corrected chi connectivity index (χ2v) is 9.35. The number of nitrogens with zero attached hydrogens (tertiary/aromatic N) is 3. The SMILES string of the molecule is CCc1cc2c(SCC(=O)N3CCC(Cc4ccccc4)CC3)ncnc2s1. The van der Waals surface area contributed by atoms with Crippen molar-refractivity contribution in [3.63, 3.8) is 0 Å². The Labute approximate surface area is 174 Å². The van der Waals surface area contributed by atoms with E-state index in [9.17, 15) is 4.79 Å². The van der Waals surface area contributed by atoms with Gasteiger partial charge in [0.15, 0.2) is 0 Å². The Morgan fingerprint density at radius 2 is 2.00 bits per heavy atom. The van der Waals surface area contributed by atoms with Gasteiger partial charge in [-0.15, -0.1) is 11.3 Å². The maximum absolute atomic E-state index is 12.7. The molecule has 3 heterocycles. The van der Waals surface area contributed by atoms with E-state index in [1.165, 1.54) is 10.4 Å². The fraction of sp³-hybridized carbons (Fsp3) is 0.409.